The Morgan fingerprint density at radius 3 is 2.62 bits per heavy atom. The summed E-state index contributed by atoms with van der Waals surface area (Å²) in [6.07, 6.45) is 1.89. The van der Waals surface area contributed by atoms with Crippen molar-refractivity contribution in [2.75, 3.05) is 5.75 Å². The molecule has 3 nitrogen and oxygen atoms in total. The lowest BCUT2D eigenvalue weighted by atomic mass is 10.1. The van der Waals surface area contributed by atoms with E-state index in [1.54, 1.807) is 0 Å². The Balaban J connectivity index is 1.68. The first kappa shape index (κ1) is 18.1. The highest BCUT2D eigenvalue weighted by Crippen LogP contribution is 2.16. The first-order valence-corrected chi connectivity index (χ1v) is 9.23. The van der Waals surface area contributed by atoms with Crippen molar-refractivity contribution in [3.05, 3.63) is 71.3 Å². The number of aryl methyl sites for hydroxylation is 1. The summed E-state index contributed by atoms with van der Waals surface area (Å²) in [7, 11) is 0. The van der Waals surface area contributed by atoms with Crippen LogP contribution in [0.25, 0.3) is 0 Å². The summed E-state index contributed by atoms with van der Waals surface area (Å²) in [5.74, 6) is 1.14. The quantitative estimate of drug-likeness (QED) is 0.793. The number of carbonyl (C=O) groups excluding carboxylic acids is 1. The van der Waals surface area contributed by atoms with Crippen LogP contribution in [0.2, 0.25) is 0 Å². The standard InChI is InChI=1S/C20H22N2OS/c1-16(11-12-17-7-3-2-4-8-17)22-20(23)15-24-14-19-10-6-5-9-18(19)13-21/h2-10,16H,11-12,14-15H2,1H3,(H,22,23)/t16-/m1/s1. The number of thioether (sulfide) groups is 1. The zero-order valence-electron chi connectivity index (χ0n) is 13.9. The van der Waals surface area contributed by atoms with E-state index in [9.17, 15) is 4.79 Å². The molecular formula is C20H22N2OS. The van der Waals surface area contributed by atoms with Gasteiger partial charge >= 0.3 is 0 Å². The van der Waals surface area contributed by atoms with Crippen molar-refractivity contribution >= 4 is 17.7 Å². The van der Waals surface area contributed by atoms with Gasteiger partial charge in [-0.05, 0) is 37.0 Å². The van der Waals surface area contributed by atoms with Gasteiger partial charge in [-0.2, -0.15) is 5.26 Å². The molecule has 0 unspecified atom stereocenters. The lowest BCUT2D eigenvalue weighted by molar-refractivity contribution is -0.119. The van der Waals surface area contributed by atoms with E-state index in [1.165, 1.54) is 17.3 Å². The van der Waals surface area contributed by atoms with Crippen LogP contribution >= 0.6 is 11.8 Å². The third kappa shape index (κ3) is 6.10. The molecule has 0 heterocycles. The van der Waals surface area contributed by atoms with Gasteiger partial charge < -0.3 is 5.32 Å². The van der Waals surface area contributed by atoms with E-state index in [0.717, 1.165) is 18.4 Å². The van der Waals surface area contributed by atoms with Crippen molar-refractivity contribution in [3.63, 3.8) is 0 Å². The normalized spacial score (nSPS) is 11.5. The van der Waals surface area contributed by atoms with Crippen LogP contribution < -0.4 is 5.32 Å². The molecule has 0 fully saturated rings. The molecule has 124 valence electrons. The molecule has 1 N–H and O–H groups in total. The number of benzene rings is 2. The molecule has 1 amide bonds. The molecule has 4 heteroatoms. The minimum absolute atomic E-state index is 0.0509. The Morgan fingerprint density at radius 2 is 1.88 bits per heavy atom. The van der Waals surface area contributed by atoms with E-state index in [2.05, 4.69) is 23.5 Å². The summed E-state index contributed by atoms with van der Waals surface area (Å²) < 4.78 is 0. The molecule has 0 saturated carbocycles. The van der Waals surface area contributed by atoms with E-state index in [4.69, 9.17) is 5.26 Å². The SMILES string of the molecule is C[C@H](CCc1ccccc1)NC(=O)CSCc1ccccc1C#N. The monoisotopic (exact) mass is 338 g/mol. The van der Waals surface area contributed by atoms with Crippen LogP contribution in [0.5, 0.6) is 0 Å². The van der Waals surface area contributed by atoms with Crippen molar-refractivity contribution < 1.29 is 4.79 Å². The lowest BCUT2D eigenvalue weighted by Crippen LogP contribution is -2.34. The van der Waals surface area contributed by atoms with E-state index in [0.29, 0.717) is 17.1 Å². The molecule has 0 radical (unpaired) electrons. The predicted molar refractivity (Wildman–Crippen MR) is 99.7 cm³/mol. The van der Waals surface area contributed by atoms with Crippen LogP contribution in [-0.4, -0.2) is 17.7 Å². The van der Waals surface area contributed by atoms with Crippen LogP contribution in [0.4, 0.5) is 0 Å². The average molecular weight is 338 g/mol. The van der Waals surface area contributed by atoms with Crippen LogP contribution in [0.1, 0.15) is 30.0 Å². The van der Waals surface area contributed by atoms with Crippen LogP contribution in [0.3, 0.4) is 0 Å². The summed E-state index contributed by atoms with van der Waals surface area (Å²) in [5.41, 5.74) is 2.96. The second-order valence-corrected chi connectivity index (χ2v) is 6.74. The molecule has 0 aromatic heterocycles. The zero-order chi connectivity index (χ0) is 17.2. The van der Waals surface area contributed by atoms with Gasteiger partial charge in [0, 0.05) is 11.8 Å². The smallest absolute Gasteiger partial charge is 0.230 e. The van der Waals surface area contributed by atoms with Gasteiger partial charge in [0.05, 0.1) is 17.4 Å². The largest absolute Gasteiger partial charge is 0.353 e. The average Bonchev–Trinajstić information content (AvgIpc) is 2.61. The van der Waals surface area contributed by atoms with Crippen molar-refractivity contribution in [1.82, 2.24) is 5.32 Å². The molecule has 2 aromatic carbocycles. The number of hydrogen-bond donors (Lipinski definition) is 1. The molecule has 1 atom stereocenters. The lowest BCUT2D eigenvalue weighted by Gasteiger charge is -2.14. The van der Waals surface area contributed by atoms with Crippen LogP contribution in [0, 0.1) is 11.3 Å². The van der Waals surface area contributed by atoms with Gasteiger partial charge in [0.2, 0.25) is 5.91 Å². The number of amides is 1. The third-order valence-electron chi connectivity index (χ3n) is 3.74. The highest BCUT2D eigenvalue weighted by Gasteiger charge is 2.08. The van der Waals surface area contributed by atoms with E-state index >= 15 is 0 Å². The summed E-state index contributed by atoms with van der Waals surface area (Å²) >= 11 is 1.54. The molecule has 0 aliphatic carbocycles. The number of nitriles is 1. The highest BCUT2D eigenvalue weighted by molar-refractivity contribution is 7.99. The summed E-state index contributed by atoms with van der Waals surface area (Å²) in [5, 5.41) is 12.1. The van der Waals surface area contributed by atoms with Crippen molar-refractivity contribution in [1.29, 1.82) is 5.26 Å². The fourth-order valence-electron chi connectivity index (χ4n) is 2.43. The maximum Gasteiger partial charge on any atom is 0.230 e. The molecule has 0 spiro atoms. The Hall–Kier alpha value is -2.25. The fraction of sp³-hybridized carbons (Fsp3) is 0.300. The molecule has 0 saturated heterocycles. The Kier molecular flexibility index (Phi) is 7.38. The molecule has 2 aromatic rings. The number of rotatable bonds is 8. The van der Waals surface area contributed by atoms with E-state index in [-0.39, 0.29) is 11.9 Å². The predicted octanol–water partition coefficient (Wildman–Crippen LogP) is 3.93. The number of nitrogens with zero attached hydrogens (tertiary/aromatic N) is 1. The van der Waals surface area contributed by atoms with Gasteiger partial charge in [0.25, 0.3) is 0 Å². The zero-order valence-corrected chi connectivity index (χ0v) is 14.7. The van der Waals surface area contributed by atoms with Crippen molar-refractivity contribution in [2.45, 2.75) is 31.6 Å². The molecule has 2 rings (SSSR count). The highest BCUT2D eigenvalue weighted by atomic mass is 32.2. The summed E-state index contributed by atoms with van der Waals surface area (Å²) in [4.78, 5) is 12.0. The van der Waals surface area contributed by atoms with Crippen molar-refractivity contribution in [2.24, 2.45) is 0 Å². The Morgan fingerprint density at radius 1 is 1.17 bits per heavy atom. The summed E-state index contributed by atoms with van der Waals surface area (Å²) in [6, 6.07) is 20.2. The van der Waals surface area contributed by atoms with E-state index in [1.807, 2.05) is 49.4 Å². The van der Waals surface area contributed by atoms with Gasteiger partial charge in [-0.3, -0.25) is 4.79 Å². The van der Waals surface area contributed by atoms with Gasteiger partial charge in [-0.15, -0.1) is 11.8 Å². The number of carbonyl (C=O) groups is 1. The van der Waals surface area contributed by atoms with Crippen molar-refractivity contribution in [3.8, 4) is 6.07 Å². The van der Waals surface area contributed by atoms with Gasteiger partial charge in [0.15, 0.2) is 0 Å². The molecule has 0 aliphatic heterocycles. The minimum atomic E-state index is 0.0509. The molecule has 24 heavy (non-hydrogen) atoms. The van der Waals surface area contributed by atoms with Gasteiger partial charge in [-0.25, -0.2) is 0 Å². The molecular weight excluding hydrogens is 316 g/mol. The first-order valence-electron chi connectivity index (χ1n) is 8.08. The van der Waals surface area contributed by atoms with Crippen LogP contribution in [0.15, 0.2) is 54.6 Å². The first-order chi connectivity index (χ1) is 11.7. The minimum Gasteiger partial charge on any atom is -0.353 e. The molecule has 0 bridgehead atoms. The number of hydrogen-bond acceptors (Lipinski definition) is 3. The van der Waals surface area contributed by atoms with Gasteiger partial charge in [0.1, 0.15) is 0 Å². The van der Waals surface area contributed by atoms with E-state index < -0.39 is 0 Å². The summed E-state index contributed by atoms with van der Waals surface area (Å²) in [6.45, 7) is 2.04. The molecule has 0 aliphatic rings. The second kappa shape index (κ2) is 9.79. The topological polar surface area (TPSA) is 52.9 Å². The van der Waals surface area contributed by atoms with Crippen LogP contribution in [-0.2, 0) is 17.0 Å². The fourth-order valence-corrected chi connectivity index (χ4v) is 3.27. The maximum absolute atomic E-state index is 12.0. The van der Waals surface area contributed by atoms with Gasteiger partial charge in [-0.1, -0.05) is 48.5 Å². The number of nitrogens with one attached hydrogen (secondary N) is 1. The maximum atomic E-state index is 12.0. The Labute approximate surface area is 148 Å². The second-order valence-electron chi connectivity index (χ2n) is 5.75. The third-order valence-corrected chi connectivity index (χ3v) is 4.73. The Bertz CT molecular complexity index is 694.